The quantitative estimate of drug-likeness (QED) is 0.0299. The summed E-state index contributed by atoms with van der Waals surface area (Å²) in [5, 5.41) is 0. The molecule has 5 fully saturated rings. The molecule has 10 aromatic carbocycles. The van der Waals surface area contributed by atoms with Crippen LogP contribution in [-0.4, -0.2) is 168 Å². The van der Waals surface area contributed by atoms with Crippen LogP contribution in [0.25, 0.3) is 0 Å². The number of hydrogen-bond donors (Lipinski definition) is 0. The van der Waals surface area contributed by atoms with E-state index in [1.807, 2.05) is 343 Å². The number of aryl methyl sites for hydroxylation is 4. The van der Waals surface area contributed by atoms with Gasteiger partial charge in [0, 0.05) is 39.3 Å². The Balaban J connectivity index is 0.000000581. The monoisotopic (exact) mass is 1950 g/mol. The number of anilines is 2. The first-order valence-electron chi connectivity index (χ1n) is 51.0. The Bertz CT molecular complexity index is 5030. The molecular formula is C118H154N10O15. The molecule has 0 aromatic heterocycles. The van der Waals surface area contributed by atoms with Crippen LogP contribution in [0.15, 0.2) is 303 Å². The summed E-state index contributed by atoms with van der Waals surface area (Å²) >= 11 is 0. The molecule has 0 spiro atoms. The number of amides is 20. The first kappa shape index (κ1) is 124. The lowest BCUT2D eigenvalue weighted by Crippen LogP contribution is -2.55. The first-order chi connectivity index (χ1) is 69.8. The number of hydrogen-bond acceptors (Lipinski definition) is 15. The molecule has 0 unspecified atom stereocenters. The Morgan fingerprint density at radius 3 is 0.538 bits per heavy atom. The zero-order valence-electron chi connectivity index (χ0n) is 87.6. The Hall–Kier alpha value is -14.8. The summed E-state index contributed by atoms with van der Waals surface area (Å²) in [6.07, 6.45) is 7.96. The van der Waals surface area contributed by atoms with Crippen molar-refractivity contribution >= 4 is 101 Å². The van der Waals surface area contributed by atoms with E-state index in [4.69, 9.17) is 0 Å². The van der Waals surface area contributed by atoms with Gasteiger partial charge in [0.25, 0.3) is 0 Å². The van der Waals surface area contributed by atoms with Gasteiger partial charge in [0.2, 0.25) is 59.1 Å². The fourth-order valence-corrected chi connectivity index (χ4v) is 14.6. The second-order valence-corrected chi connectivity index (χ2v) is 30.2. The Kier molecular flexibility index (Phi) is 64.6. The van der Waals surface area contributed by atoms with E-state index >= 15 is 0 Å². The molecule has 15 rings (SSSR count). The molecule has 0 aliphatic carbocycles. The summed E-state index contributed by atoms with van der Waals surface area (Å²) < 4.78 is 0. The Labute approximate surface area is 850 Å². The van der Waals surface area contributed by atoms with Gasteiger partial charge in [0.05, 0.1) is 24.5 Å². The minimum absolute atomic E-state index is 0.178. The maximum Gasteiger partial charge on any atom is 0.342 e. The Morgan fingerprint density at radius 1 is 0.154 bits per heavy atom. The van der Waals surface area contributed by atoms with Crippen molar-refractivity contribution in [1.82, 2.24) is 39.2 Å². The molecule has 0 atom stereocenters. The van der Waals surface area contributed by atoms with Gasteiger partial charge in [-0.3, -0.25) is 87.1 Å². The average Bonchev–Trinajstić information content (AvgIpc) is 0.773. The molecule has 5 saturated heterocycles. The number of para-hydroxylation sites is 2. The lowest BCUT2D eigenvalue weighted by molar-refractivity contribution is -0.144. The molecule has 5 heterocycles. The van der Waals surface area contributed by atoms with Crippen LogP contribution in [0.2, 0.25) is 0 Å². The molecular weight excluding hydrogens is 1800 g/mol. The number of benzene rings is 10. The second kappa shape index (κ2) is 74.3. The van der Waals surface area contributed by atoms with Crippen LogP contribution in [0.4, 0.5) is 35.3 Å². The van der Waals surface area contributed by atoms with Crippen molar-refractivity contribution in [1.29, 1.82) is 0 Å². The molecule has 10 aromatic rings. The molecule has 5 aliphatic heterocycles. The van der Waals surface area contributed by atoms with Crippen LogP contribution in [0, 0.1) is 0 Å². The van der Waals surface area contributed by atoms with E-state index in [9.17, 15) is 71.9 Å². The maximum atomic E-state index is 12.7. The number of carbonyl (C=O) groups excluding carboxylic acids is 15. The number of nitrogens with zero attached hydrogens (tertiary/aromatic N) is 10. The zero-order valence-corrected chi connectivity index (χ0v) is 87.6. The van der Waals surface area contributed by atoms with Gasteiger partial charge in [0.15, 0.2) is 0 Å². The molecule has 0 saturated carbocycles. The van der Waals surface area contributed by atoms with Crippen molar-refractivity contribution in [3.63, 3.8) is 0 Å². The van der Waals surface area contributed by atoms with E-state index in [1.54, 1.807) is 60.7 Å². The fourth-order valence-electron chi connectivity index (χ4n) is 14.6. The lowest BCUT2D eigenvalue weighted by atomic mass is 10.1. The van der Waals surface area contributed by atoms with Crippen molar-refractivity contribution < 1.29 is 71.9 Å². The highest BCUT2D eigenvalue weighted by atomic mass is 16.2. The van der Waals surface area contributed by atoms with Crippen LogP contribution in [0.5, 0.6) is 0 Å². The number of barbiturate groups is 5. The van der Waals surface area contributed by atoms with Crippen molar-refractivity contribution in [2.24, 2.45) is 0 Å². The third-order valence-corrected chi connectivity index (χ3v) is 21.2. The zero-order chi connectivity index (χ0) is 106. The van der Waals surface area contributed by atoms with E-state index in [-0.39, 0.29) is 70.1 Å². The predicted octanol–water partition coefficient (Wildman–Crippen LogP) is 24.7. The minimum Gasteiger partial charge on any atom is -0.274 e. The van der Waals surface area contributed by atoms with Gasteiger partial charge < -0.3 is 0 Å². The van der Waals surface area contributed by atoms with Crippen molar-refractivity contribution in [2.45, 2.75) is 247 Å². The average molecular weight is 1950 g/mol. The summed E-state index contributed by atoms with van der Waals surface area (Å²) in [6, 6.07) is 92.6. The molecule has 0 bridgehead atoms. The lowest BCUT2D eigenvalue weighted by Gasteiger charge is -2.32. The SMILES string of the molecule is CC.CC.CC.CC.CC.CC.CC.CC.CC.O=C1CC(=O)N(CCCCc2ccccc2)C(=O)N1CCCCc1ccccc1.O=C1CC(=O)N(CCCc2ccccc2)C(=O)N1CCCc1ccccc1.O=C1CC(=O)N(CCc2ccccc2)C(=O)N1CCc1ccccc1.O=C1CC(=O)N(Cc2ccccc2)C(=O)N1Cc1ccccc1.O=C1CC(=O)N(c2ccccc2)C(=O)N1c1ccccc1. The highest BCUT2D eigenvalue weighted by Crippen LogP contribution is 2.28. The predicted molar refractivity (Wildman–Crippen MR) is 573 cm³/mol. The number of unbranched alkanes of at least 4 members (excludes halogenated alkanes) is 2. The van der Waals surface area contributed by atoms with Crippen LogP contribution < -0.4 is 9.80 Å². The van der Waals surface area contributed by atoms with Gasteiger partial charge in [0.1, 0.15) is 32.1 Å². The van der Waals surface area contributed by atoms with E-state index in [2.05, 4.69) is 24.3 Å². The second-order valence-electron chi connectivity index (χ2n) is 30.2. The molecule has 0 radical (unpaired) electrons. The van der Waals surface area contributed by atoms with E-state index < -0.39 is 77.4 Å². The first-order valence-corrected chi connectivity index (χ1v) is 51.0. The van der Waals surface area contributed by atoms with Crippen molar-refractivity contribution in [2.75, 3.05) is 49.1 Å². The van der Waals surface area contributed by atoms with E-state index in [1.165, 1.54) is 51.7 Å². The standard InChI is InChI=1S/C24H28N2O3.C22H24N2O3.C20H20N2O3.C18H16N2O3.C16H12N2O3.9C2H6/c27-22-19-23(28)26(18-10-8-16-21-13-5-2-6-14-21)24(29)25(22)17-9-7-15-20-11-3-1-4-12-20;25-20-17-21(26)24(16-8-14-19-11-5-2-6-12-19)22(27)23(20)15-7-13-18-9-3-1-4-10-18;23-18-15-19(24)22(14-12-17-9-5-2-6-10-17)20(25)21(18)13-11-16-7-3-1-4-8-16;21-16-11-17(22)20(13-15-9-5-2-6-10-15)18(23)19(16)12-14-7-3-1-4-8-14;19-14-11-15(20)18(13-9-5-2-6-10-13)16(21)17(14)12-7-3-1-4-8-12;9*1-2/h1-6,11-14H,7-10,15-19H2;1-6,9-12H,7-8,13-17H2;1-10H,11-15H2;1-10H,11-13H2;1-10H,11H2;9*1-2H3. The van der Waals surface area contributed by atoms with Gasteiger partial charge in [-0.1, -0.05) is 404 Å². The van der Waals surface area contributed by atoms with Crippen LogP contribution in [0.1, 0.15) is 240 Å². The Morgan fingerprint density at radius 2 is 0.315 bits per heavy atom. The number of urea groups is 5. The number of carbonyl (C=O) groups is 15. The van der Waals surface area contributed by atoms with Gasteiger partial charge in [-0.25, -0.2) is 33.8 Å². The maximum absolute atomic E-state index is 12.7. The van der Waals surface area contributed by atoms with Crippen molar-refractivity contribution in [3.05, 3.63) is 348 Å². The minimum atomic E-state index is -0.645. The van der Waals surface area contributed by atoms with E-state index in [0.717, 1.165) is 93.2 Å². The molecule has 25 nitrogen and oxygen atoms in total. The number of rotatable bonds is 30. The van der Waals surface area contributed by atoms with Gasteiger partial charge in [-0.15, -0.1) is 0 Å². The summed E-state index contributed by atoms with van der Waals surface area (Å²) in [4.78, 5) is 196. The topological polar surface area (TPSA) is 288 Å². The normalized spacial score (nSPS) is 13.5. The third-order valence-electron chi connectivity index (χ3n) is 21.2. The molecule has 0 N–H and O–H groups in total. The molecule has 766 valence electrons. The summed E-state index contributed by atoms with van der Waals surface area (Å²) in [7, 11) is 0. The van der Waals surface area contributed by atoms with E-state index in [0.29, 0.717) is 63.2 Å². The largest absolute Gasteiger partial charge is 0.342 e. The summed E-state index contributed by atoms with van der Waals surface area (Å²) in [5.74, 6) is -4.29. The highest BCUT2D eigenvalue weighted by Gasteiger charge is 2.43. The van der Waals surface area contributed by atoms with Gasteiger partial charge in [-0.2, -0.15) is 0 Å². The van der Waals surface area contributed by atoms with Crippen molar-refractivity contribution in [3.8, 4) is 0 Å². The van der Waals surface area contributed by atoms with Gasteiger partial charge in [-0.05, 0) is 146 Å². The van der Waals surface area contributed by atoms with Gasteiger partial charge >= 0.3 is 30.2 Å². The van der Waals surface area contributed by atoms with Crippen LogP contribution >= 0.6 is 0 Å². The molecule has 25 heteroatoms. The summed E-state index contributed by atoms with van der Waals surface area (Å²) in [6.45, 7) is 38.4. The number of imide groups is 10. The molecule has 5 aliphatic rings. The van der Waals surface area contributed by atoms with Crippen LogP contribution in [-0.2, 0) is 99.6 Å². The third kappa shape index (κ3) is 42.3. The smallest absolute Gasteiger partial charge is 0.274 e. The fraction of sp³-hybridized carbons (Fsp3) is 0.364. The highest BCUT2D eigenvalue weighted by molar-refractivity contribution is 6.35. The molecule has 143 heavy (non-hydrogen) atoms. The van der Waals surface area contributed by atoms with Crippen LogP contribution in [0.3, 0.4) is 0 Å². The summed E-state index contributed by atoms with van der Waals surface area (Å²) in [5.41, 5.74) is 9.56. The molecule has 20 amide bonds.